The lowest BCUT2D eigenvalue weighted by Gasteiger charge is -2.34. The van der Waals surface area contributed by atoms with Gasteiger partial charge < -0.3 is 63.1 Å². The second-order valence-corrected chi connectivity index (χ2v) is 26.9. The van der Waals surface area contributed by atoms with Gasteiger partial charge in [-0.25, -0.2) is 28.8 Å². The van der Waals surface area contributed by atoms with Crippen LogP contribution in [0.1, 0.15) is 215 Å². The highest BCUT2D eigenvalue weighted by molar-refractivity contribution is 5.75. The van der Waals surface area contributed by atoms with Crippen molar-refractivity contribution in [1.82, 2.24) is 34.7 Å². The molecule has 0 saturated carbocycles. The predicted octanol–water partition coefficient (Wildman–Crippen LogP) is 12.5. The SMILES string of the molecule is CCCC(=O)NCCCCCCC(CN(CCCCN(CCCN(C)C(=O)OC(C)(C)C)C(=O)OC(C)(C)C)C(=O)OC(C)(C)C)CN(CCCCN(CCCN(C)C(=O)OC(C)(C)C)C(=O)OC(C)(C)C)C(=O)OC(C)(C)C. The van der Waals surface area contributed by atoms with Gasteiger partial charge in [-0.15, -0.1) is 0 Å². The highest BCUT2D eigenvalue weighted by Gasteiger charge is 2.31. The third-order valence-electron chi connectivity index (χ3n) is 11.4. The standard InChI is InChI=1S/C59H113N7O13/c1-22-33-47(67)60-35-26-24-23-25-34-46(44-65(52(72)78-58(14,15)16)40-29-27-38-63(50(70)76-56(8,9)10)42-31-36-61(20)48(68)74-54(2,3)4)45-66(53(73)79-59(17,18)19)41-30-28-39-64(51(71)77-57(11,12)13)43-32-37-62(21)49(69)75-55(5,6)7/h46H,22-45H2,1-21H3,(H,60,67). The predicted molar refractivity (Wildman–Crippen MR) is 311 cm³/mol. The summed E-state index contributed by atoms with van der Waals surface area (Å²) in [5.41, 5.74) is -4.33. The summed E-state index contributed by atoms with van der Waals surface area (Å²) in [6.45, 7) is 38.5. The molecule has 0 atom stereocenters. The third kappa shape index (κ3) is 40.0. The molecule has 0 aromatic heterocycles. The fourth-order valence-electron chi connectivity index (χ4n) is 7.80. The van der Waals surface area contributed by atoms with Crippen molar-refractivity contribution in [2.75, 3.05) is 86.1 Å². The first-order valence-electron chi connectivity index (χ1n) is 29.2. The maximum Gasteiger partial charge on any atom is 0.410 e. The minimum atomic E-state index is -0.791. The first-order chi connectivity index (χ1) is 36.1. The monoisotopic (exact) mass is 1130 g/mol. The zero-order valence-corrected chi connectivity index (χ0v) is 53.5. The third-order valence-corrected chi connectivity index (χ3v) is 11.4. The van der Waals surface area contributed by atoms with Crippen molar-refractivity contribution in [3.8, 4) is 0 Å². The first-order valence-corrected chi connectivity index (χ1v) is 29.2. The van der Waals surface area contributed by atoms with Crippen LogP contribution in [0.3, 0.4) is 0 Å². The molecule has 20 nitrogen and oxygen atoms in total. The maximum atomic E-state index is 14.2. The van der Waals surface area contributed by atoms with Gasteiger partial charge in [0.05, 0.1) is 0 Å². The quantitative estimate of drug-likeness (QED) is 0.0507. The number of amides is 7. The topological polar surface area (TPSA) is 206 Å². The van der Waals surface area contributed by atoms with E-state index < -0.39 is 70.2 Å². The Labute approximate surface area is 478 Å². The van der Waals surface area contributed by atoms with Crippen LogP contribution >= 0.6 is 0 Å². The van der Waals surface area contributed by atoms with Crippen LogP contribution in [0.4, 0.5) is 28.8 Å². The lowest BCUT2D eigenvalue weighted by atomic mass is 9.98. The van der Waals surface area contributed by atoms with E-state index in [1.54, 1.807) is 33.7 Å². The number of nitrogens with zero attached hydrogens (tertiary/aromatic N) is 6. The smallest absolute Gasteiger partial charge is 0.410 e. The summed E-state index contributed by atoms with van der Waals surface area (Å²) in [6.07, 6.45) is 5.63. The zero-order chi connectivity index (χ0) is 61.0. The molecule has 0 aromatic rings. The number of carbonyl (C=O) groups excluding carboxylic acids is 7. The Hall–Kier alpha value is -4.91. The summed E-state index contributed by atoms with van der Waals surface area (Å²) in [4.78, 5) is 102. The van der Waals surface area contributed by atoms with E-state index in [9.17, 15) is 33.6 Å². The summed E-state index contributed by atoms with van der Waals surface area (Å²) in [5, 5.41) is 2.99. The number of carbonyl (C=O) groups is 7. The second kappa shape index (κ2) is 35.1. The van der Waals surface area contributed by atoms with Crippen molar-refractivity contribution in [3.05, 3.63) is 0 Å². The number of hydrogen-bond acceptors (Lipinski definition) is 13. The molecule has 0 radical (unpaired) electrons. The Bertz CT molecular complexity index is 1710. The number of rotatable bonds is 31. The normalized spacial score (nSPS) is 12.3. The summed E-state index contributed by atoms with van der Waals surface area (Å²) >= 11 is 0. The number of unbranched alkanes of at least 4 members (excludes halogenated alkanes) is 5. The van der Waals surface area contributed by atoms with E-state index in [0.717, 1.165) is 32.1 Å². The van der Waals surface area contributed by atoms with Gasteiger partial charge in [0.15, 0.2) is 0 Å². The molecule has 462 valence electrons. The molecule has 0 rings (SSSR count). The molecule has 0 aliphatic rings. The van der Waals surface area contributed by atoms with Crippen LogP contribution in [0.5, 0.6) is 0 Å². The van der Waals surface area contributed by atoms with E-state index in [0.29, 0.717) is 110 Å². The van der Waals surface area contributed by atoms with Gasteiger partial charge in [-0.3, -0.25) is 4.79 Å². The molecule has 0 saturated heterocycles. The molecule has 7 amide bonds. The van der Waals surface area contributed by atoms with Gasteiger partial charge in [0.2, 0.25) is 5.91 Å². The molecule has 20 heteroatoms. The van der Waals surface area contributed by atoms with Crippen molar-refractivity contribution >= 4 is 42.5 Å². The molecular weight excluding hydrogens is 1010 g/mol. The van der Waals surface area contributed by atoms with Crippen molar-refractivity contribution in [2.24, 2.45) is 5.92 Å². The van der Waals surface area contributed by atoms with Gasteiger partial charge in [0.25, 0.3) is 0 Å². The van der Waals surface area contributed by atoms with Crippen LogP contribution in [0, 0.1) is 5.92 Å². The van der Waals surface area contributed by atoms with Gasteiger partial charge in [-0.05, 0) is 188 Å². The molecule has 0 spiro atoms. The van der Waals surface area contributed by atoms with Crippen LogP contribution in [-0.2, 0) is 33.2 Å². The maximum absolute atomic E-state index is 14.2. The van der Waals surface area contributed by atoms with Crippen molar-refractivity contribution in [3.63, 3.8) is 0 Å². The highest BCUT2D eigenvalue weighted by atomic mass is 16.6. The Morgan fingerprint density at radius 3 is 0.949 bits per heavy atom. The Kier molecular flexibility index (Phi) is 32.9. The van der Waals surface area contributed by atoms with Crippen LogP contribution in [0.2, 0.25) is 0 Å². The van der Waals surface area contributed by atoms with E-state index >= 15 is 0 Å². The fraction of sp³-hybridized carbons (Fsp3) is 0.881. The van der Waals surface area contributed by atoms with Gasteiger partial charge in [0.1, 0.15) is 33.6 Å². The van der Waals surface area contributed by atoms with Crippen molar-refractivity contribution in [2.45, 2.75) is 249 Å². The summed E-state index contributed by atoms with van der Waals surface area (Å²) in [6, 6.07) is 0. The van der Waals surface area contributed by atoms with Crippen LogP contribution in [0.15, 0.2) is 0 Å². The first kappa shape index (κ1) is 74.1. The van der Waals surface area contributed by atoms with E-state index in [1.807, 2.05) is 132 Å². The Morgan fingerprint density at radius 1 is 0.354 bits per heavy atom. The molecule has 0 aliphatic heterocycles. The second-order valence-electron chi connectivity index (χ2n) is 26.9. The van der Waals surface area contributed by atoms with Crippen molar-refractivity contribution in [1.29, 1.82) is 0 Å². The lowest BCUT2D eigenvalue weighted by molar-refractivity contribution is -0.121. The van der Waals surface area contributed by atoms with Crippen LogP contribution < -0.4 is 5.32 Å². The molecule has 0 fully saturated rings. The Morgan fingerprint density at radius 2 is 0.633 bits per heavy atom. The van der Waals surface area contributed by atoms with Crippen LogP contribution in [0.25, 0.3) is 0 Å². The van der Waals surface area contributed by atoms with Crippen molar-refractivity contribution < 1.29 is 62.0 Å². The molecule has 0 bridgehead atoms. The minimum Gasteiger partial charge on any atom is -0.444 e. The van der Waals surface area contributed by atoms with Gasteiger partial charge in [0, 0.05) is 92.5 Å². The molecule has 0 aliphatic carbocycles. The Balaban J connectivity index is 6.72. The summed E-state index contributed by atoms with van der Waals surface area (Å²) in [7, 11) is 3.33. The van der Waals surface area contributed by atoms with Gasteiger partial charge in [-0.2, -0.15) is 0 Å². The van der Waals surface area contributed by atoms with E-state index in [2.05, 4.69) is 5.32 Å². The van der Waals surface area contributed by atoms with Gasteiger partial charge >= 0.3 is 36.6 Å². The average Bonchev–Trinajstić information content (AvgIpc) is 3.25. The molecule has 0 aromatic carbocycles. The lowest BCUT2D eigenvalue weighted by Crippen LogP contribution is -2.45. The molecule has 0 unspecified atom stereocenters. The number of nitrogens with one attached hydrogen (secondary N) is 1. The van der Waals surface area contributed by atoms with E-state index in [1.165, 1.54) is 9.80 Å². The molecule has 0 heterocycles. The van der Waals surface area contributed by atoms with E-state index in [4.69, 9.17) is 28.4 Å². The number of ether oxygens (including phenoxy) is 6. The largest absolute Gasteiger partial charge is 0.444 e. The zero-order valence-electron chi connectivity index (χ0n) is 53.5. The average molecular weight is 1130 g/mol. The van der Waals surface area contributed by atoms with Crippen LogP contribution in [-0.4, -0.2) is 192 Å². The van der Waals surface area contributed by atoms with Gasteiger partial charge in [-0.1, -0.05) is 26.2 Å². The summed E-state index contributed by atoms with van der Waals surface area (Å²) in [5.74, 6) is -0.155. The number of hydrogen-bond donors (Lipinski definition) is 1. The molecule has 1 N–H and O–H groups in total. The van der Waals surface area contributed by atoms with E-state index in [-0.39, 0.29) is 24.9 Å². The fourth-order valence-corrected chi connectivity index (χ4v) is 7.80. The minimum absolute atomic E-state index is 0.0494. The molecule has 79 heavy (non-hydrogen) atoms. The molecular formula is C59H113N7O13. The highest BCUT2D eigenvalue weighted by Crippen LogP contribution is 2.22. The summed E-state index contributed by atoms with van der Waals surface area (Å²) < 4.78 is 34.6.